The molecule has 0 atom stereocenters. The number of nitrogens with zero attached hydrogens (tertiary/aromatic N) is 2. The van der Waals surface area contributed by atoms with Crippen LogP contribution in [0.25, 0.3) is 0 Å². The van der Waals surface area contributed by atoms with Gasteiger partial charge < -0.3 is 0 Å². The highest BCUT2D eigenvalue weighted by Gasteiger charge is 2.29. The molecule has 1 rings (SSSR count). The molecule has 0 unspecified atom stereocenters. The van der Waals surface area contributed by atoms with Gasteiger partial charge in [-0.3, -0.25) is 19.2 Å². The van der Waals surface area contributed by atoms with Crippen molar-refractivity contribution in [2.45, 2.75) is 20.3 Å². The molecule has 114 valence electrons. The lowest BCUT2D eigenvalue weighted by atomic mass is 10.3. The van der Waals surface area contributed by atoms with Crippen molar-refractivity contribution in [3.05, 3.63) is 23.0 Å². The lowest BCUT2D eigenvalue weighted by Gasteiger charge is -2.30. The van der Waals surface area contributed by atoms with Crippen molar-refractivity contribution in [2.75, 3.05) is 11.6 Å². The highest BCUT2D eigenvalue weighted by molar-refractivity contribution is 8.18. The molecule has 1 aliphatic heterocycles. The molecule has 0 saturated heterocycles. The van der Waals surface area contributed by atoms with Gasteiger partial charge in [0.1, 0.15) is 6.54 Å². The van der Waals surface area contributed by atoms with E-state index >= 15 is 0 Å². The minimum atomic E-state index is -0.635. The number of rotatable bonds is 3. The maximum atomic E-state index is 12.2. The molecule has 0 fully saturated rings. The SMILES string of the molecule is CCC(=O)N1C(=O)C=CSCSC=CC(=O)N1CC(C)=O. The summed E-state index contributed by atoms with van der Waals surface area (Å²) in [5, 5.41) is 5.42. The van der Waals surface area contributed by atoms with Crippen molar-refractivity contribution in [1.29, 1.82) is 0 Å². The summed E-state index contributed by atoms with van der Waals surface area (Å²) in [7, 11) is 0. The van der Waals surface area contributed by atoms with E-state index in [1.165, 1.54) is 42.6 Å². The Hall–Kier alpha value is -1.54. The van der Waals surface area contributed by atoms with E-state index in [2.05, 4.69) is 0 Å². The van der Waals surface area contributed by atoms with Crippen molar-refractivity contribution >= 4 is 47.0 Å². The van der Waals surface area contributed by atoms with Crippen LogP contribution < -0.4 is 0 Å². The Morgan fingerprint density at radius 1 is 1.14 bits per heavy atom. The minimum absolute atomic E-state index is 0.0485. The monoisotopic (exact) mass is 328 g/mol. The third kappa shape index (κ3) is 5.39. The van der Waals surface area contributed by atoms with Crippen LogP contribution in [0.5, 0.6) is 0 Å². The summed E-state index contributed by atoms with van der Waals surface area (Å²) in [6.07, 6.45) is 2.53. The normalized spacial score (nSPS) is 16.9. The predicted octanol–water partition coefficient (Wildman–Crippen LogP) is 1.55. The number of hydrogen-bond acceptors (Lipinski definition) is 6. The Kier molecular flexibility index (Phi) is 7.24. The molecule has 21 heavy (non-hydrogen) atoms. The molecule has 0 bridgehead atoms. The topological polar surface area (TPSA) is 74.8 Å². The second-order valence-electron chi connectivity index (χ2n) is 4.05. The Balaban J connectivity index is 3.21. The maximum Gasteiger partial charge on any atom is 0.272 e. The van der Waals surface area contributed by atoms with Gasteiger partial charge in [0.2, 0.25) is 5.91 Å². The largest absolute Gasteiger partial charge is 0.298 e. The maximum absolute atomic E-state index is 12.2. The quantitative estimate of drug-likeness (QED) is 0.782. The van der Waals surface area contributed by atoms with Crippen LogP contribution in [0.15, 0.2) is 23.0 Å². The van der Waals surface area contributed by atoms with Crippen molar-refractivity contribution in [2.24, 2.45) is 0 Å². The molecule has 0 N–H and O–H groups in total. The zero-order valence-electron chi connectivity index (χ0n) is 11.8. The number of carbonyl (C=O) groups excluding carboxylic acids is 4. The van der Waals surface area contributed by atoms with Crippen LogP contribution in [0.4, 0.5) is 0 Å². The van der Waals surface area contributed by atoms with Crippen molar-refractivity contribution < 1.29 is 19.2 Å². The van der Waals surface area contributed by atoms with Crippen molar-refractivity contribution in [1.82, 2.24) is 10.0 Å². The lowest BCUT2D eigenvalue weighted by molar-refractivity contribution is -0.169. The third-order valence-electron chi connectivity index (χ3n) is 2.37. The third-order valence-corrected chi connectivity index (χ3v) is 4.11. The molecule has 3 amide bonds. The molecule has 0 aromatic carbocycles. The molecule has 0 saturated carbocycles. The van der Waals surface area contributed by atoms with Crippen LogP contribution in [0.3, 0.4) is 0 Å². The molecule has 1 aliphatic rings. The fraction of sp³-hybridized carbons (Fsp3) is 0.385. The summed E-state index contributed by atoms with van der Waals surface area (Å²) in [5.41, 5.74) is 0. The summed E-state index contributed by atoms with van der Waals surface area (Å²) >= 11 is 2.76. The Labute approximate surface area is 131 Å². The molecular weight excluding hydrogens is 312 g/mol. The second-order valence-corrected chi connectivity index (χ2v) is 6.21. The van der Waals surface area contributed by atoms with Crippen LogP contribution in [-0.4, -0.2) is 45.2 Å². The molecule has 6 nitrogen and oxygen atoms in total. The Morgan fingerprint density at radius 3 is 2.24 bits per heavy atom. The standard InChI is InChI=1S/C13H16N2O4S2/c1-3-11(17)15-13(19)5-7-21-9-20-6-4-12(18)14(15)8-10(2)16/h4-7H,3,8-9H2,1-2H3. The smallest absolute Gasteiger partial charge is 0.272 e. The highest BCUT2D eigenvalue weighted by Crippen LogP contribution is 2.16. The average Bonchev–Trinajstić information content (AvgIpc) is 2.46. The molecule has 0 aromatic rings. The van der Waals surface area contributed by atoms with E-state index in [0.29, 0.717) is 5.08 Å². The number of Topliss-reactive ketones (excluding diaryl/α,β-unsaturated/α-hetero) is 1. The van der Waals surface area contributed by atoms with E-state index in [1.54, 1.807) is 17.7 Å². The zero-order valence-corrected chi connectivity index (χ0v) is 13.4. The van der Waals surface area contributed by atoms with Gasteiger partial charge in [0, 0.05) is 23.7 Å². The first-order valence-corrected chi connectivity index (χ1v) is 8.31. The van der Waals surface area contributed by atoms with Gasteiger partial charge >= 0.3 is 0 Å². The first-order valence-electron chi connectivity index (χ1n) is 6.21. The summed E-state index contributed by atoms with van der Waals surface area (Å²) in [4.78, 5) is 47.6. The van der Waals surface area contributed by atoms with Gasteiger partial charge in [-0.05, 0) is 17.7 Å². The lowest BCUT2D eigenvalue weighted by Crippen LogP contribution is -2.53. The number of amides is 3. The number of ketones is 1. The summed E-state index contributed by atoms with van der Waals surface area (Å²) in [5.74, 6) is -2.07. The zero-order chi connectivity index (χ0) is 15.8. The Morgan fingerprint density at radius 2 is 1.71 bits per heavy atom. The first-order chi connectivity index (χ1) is 9.97. The molecule has 0 aliphatic carbocycles. The fourth-order valence-corrected chi connectivity index (χ4v) is 2.84. The number of thioether (sulfide) groups is 2. The molecule has 0 aromatic heterocycles. The van der Waals surface area contributed by atoms with E-state index in [1.807, 2.05) is 0 Å². The second kappa shape index (κ2) is 8.68. The van der Waals surface area contributed by atoms with Gasteiger partial charge in [-0.1, -0.05) is 6.92 Å². The highest BCUT2D eigenvalue weighted by atomic mass is 32.2. The average molecular weight is 328 g/mol. The summed E-state index contributed by atoms with van der Waals surface area (Å²) in [6.45, 7) is 2.55. The molecule has 8 heteroatoms. The van der Waals surface area contributed by atoms with Gasteiger partial charge in [0.15, 0.2) is 5.78 Å². The van der Waals surface area contributed by atoms with Gasteiger partial charge in [-0.2, -0.15) is 5.01 Å². The number of hydrogen-bond donors (Lipinski definition) is 0. The van der Waals surface area contributed by atoms with Crippen molar-refractivity contribution in [3.8, 4) is 0 Å². The van der Waals surface area contributed by atoms with Gasteiger partial charge in [-0.25, -0.2) is 5.01 Å². The van der Waals surface area contributed by atoms with E-state index < -0.39 is 17.7 Å². The van der Waals surface area contributed by atoms with Crippen LogP contribution in [0.1, 0.15) is 20.3 Å². The molecule has 0 radical (unpaired) electrons. The van der Waals surface area contributed by atoms with Crippen molar-refractivity contribution in [3.63, 3.8) is 0 Å². The Bertz CT molecular complexity index is 502. The summed E-state index contributed by atoms with van der Waals surface area (Å²) < 4.78 is 0. The number of imide groups is 1. The first kappa shape index (κ1) is 17.5. The van der Waals surface area contributed by atoms with Gasteiger partial charge in [0.05, 0.1) is 0 Å². The van der Waals surface area contributed by atoms with Crippen LogP contribution >= 0.6 is 23.5 Å². The van der Waals surface area contributed by atoms with Gasteiger partial charge in [-0.15, -0.1) is 23.5 Å². The van der Waals surface area contributed by atoms with E-state index in [-0.39, 0.29) is 18.7 Å². The van der Waals surface area contributed by atoms with E-state index in [9.17, 15) is 19.2 Å². The molecular formula is C13H16N2O4S2. The molecule has 0 spiro atoms. The van der Waals surface area contributed by atoms with Crippen LogP contribution in [0.2, 0.25) is 0 Å². The molecule has 1 heterocycles. The van der Waals surface area contributed by atoms with E-state index in [0.717, 1.165) is 10.0 Å². The number of hydrazine groups is 1. The number of carbonyl (C=O) groups is 4. The summed E-state index contributed by atoms with van der Waals surface area (Å²) in [6, 6.07) is 0. The van der Waals surface area contributed by atoms with Crippen LogP contribution in [0, 0.1) is 0 Å². The predicted molar refractivity (Wildman–Crippen MR) is 82.9 cm³/mol. The van der Waals surface area contributed by atoms with E-state index in [4.69, 9.17) is 0 Å². The minimum Gasteiger partial charge on any atom is -0.298 e. The van der Waals surface area contributed by atoms with Gasteiger partial charge in [0.25, 0.3) is 11.8 Å². The van der Waals surface area contributed by atoms with Crippen LogP contribution in [-0.2, 0) is 19.2 Å². The fourth-order valence-electron chi connectivity index (χ4n) is 1.47.